The Bertz CT molecular complexity index is 545. The van der Waals surface area contributed by atoms with Crippen molar-refractivity contribution in [1.82, 2.24) is 10.6 Å². The molecule has 0 aliphatic heterocycles. The molecule has 1 atom stereocenters. The summed E-state index contributed by atoms with van der Waals surface area (Å²) in [5.74, 6) is 0. The van der Waals surface area contributed by atoms with Gasteiger partial charge in [-0.1, -0.05) is 29.8 Å². The van der Waals surface area contributed by atoms with Gasteiger partial charge in [-0.3, -0.25) is 0 Å². The number of ether oxygens (including phenoxy) is 1. The Labute approximate surface area is 146 Å². The molecule has 1 unspecified atom stereocenters. The molecule has 0 heterocycles. The van der Waals surface area contributed by atoms with Crippen LogP contribution in [0.1, 0.15) is 58.1 Å². The van der Waals surface area contributed by atoms with Gasteiger partial charge < -0.3 is 15.4 Å². The lowest BCUT2D eigenvalue weighted by Gasteiger charge is -2.38. The maximum absolute atomic E-state index is 11.7. The predicted octanol–water partition coefficient (Wildman–Crippen LogP) is 3.96. The number of rotatable bonds is 6. The fraction of sp³-hybridized carbons (Fsp3) is 0.650. The van der Waals surface area contributed by atoms with Crippen LogP contribution in [0.15, 0.2) is 24.3 Å². The minimum atomic E-state index is -0.435. The van der Waals surface area contributed by atoms with Gasteiger partial charge in [-0.25, -0.2) is 4.79 Å². The summed E-state index contributed by atoms with van der Waals surface area (Å²) in [6.45, 7) is 10.0. The minimum absolute atomic E-state index is 0.237. The van der Waals surface area contributed by atoms with Gasteiger partial charge in [0, 0.05) is 18.1 Å². The lowest BCUT2D eigenvalue weighted by molar-refractivity contribution is 0.0463. The molecule has 0 radical (unpaired) electrons. The number of carbonyl (C=O) groups is 1. The highest BCUT2D eigenvalue weighted by molar-refractivity contribution is 5.68. The van der Waals surface area contributed by atoms with E-state index in [1.807, 2.05) is 20.8 Å². The Kier molecular flexibility index (Phi) is 6.27. The summed E-state index contributed by atoms with van der Waals surface area (Å²) in [5, 5.41) is 6.60. The summed E-state index contributed by atoms with van der Waals surface area (Å²) in [4.78, 5) is 11.7. The molecule has 1 aromatic carbocycles. The van der Waals surface area contributed by atoms with E-state index in [2.05, 4.69) is 48.7 Å². The summed E-state index contributed by atoms with van der Waals surface area (Å²) in [6.07, 6.45) is 3.88. The van der Waals surface area contributed by atoms with Gasteiger partial charge in [-0.05, 0) is 65.9 Å². The van der Waals surface area contributed by atoms with Crippen molar-refractivity contribution >= 4 is 6.09 Å². The highest BCUT2D eigenvalue weighted by atomic mass is 16.6. The molecule has 1 aliphatic carbocycles. The Morgan fingerprint density at radius 3 is 2.62 bits per heavy atom. The molecule has 1 amide bonds. The quantitative estimate of drug-likeness (QED) is 0.829. The molecule has 1 fully saturated rings. The van der Waals surface area contributed by atoms with E-state index in [4.69, 9.17) is 4.74 Å². The summed E-state index contributed by atoms with van der Waals surface area (Å²) in [5.41, 5.74) is 2.29. The topological polar surface area (TPSA) is 50.4 Å². The van der Waals surface area contributed by atoms with Gasteiger partial charge in [0.05, 0.1) is 0 Å². The maximum atomic E-state index is 11.7. The Morgan fingerprint density at radius 2 is 2.00 bits per heavy atom. The van der Waals surface area contributed by atoms with Crippen LogP contribution in [0.4, 0.5) is 4.79 Å². The van der Waals surface area contributed by atoms with Crippen molar-refractivity contribution in [1.29, 1.82) is 0 Å². The molecule has 1 aliphatic rings. The van der Waals surface area contributed by atoms with Crippen LogP contribution in [0.3, 0.4) is 0 Å². The summed E-state index contributed by atoms with van der Waals surface area (Å²) in [7, 11) is 0. The summed E-state index contributed by atoms with van der Waals surface area (Å²) >= 11 is 0. The van der Waals surface area contributed by atoms with Gasteiger partial charge in [0.25, 0.3) is 0 Å². The van der Waals surface area contributed by atoms with E-state index in [9.17, 15) is 4.79 Å². The van der Waals surface area contributed by atoms with Crippen LogP contribution in [-0.4, -0.2) is 29.8 Å². The van der Waals surface area contributed by atoms with Crippen LogP contribution in [0.25, 0.3) is 0 Å². The number of nitrogens with one attached hydrogen (secondary N) is 2. The van der Waals surface area contributed by atoms with Gasteiger partial charge in [0.1, 0.15) is 5.60 Å². The SMILES string of the molecule is Cc1cccc(CCC(C)NC2CC(NC(=O)OC(C)(C)C)C2)c1. The predicted molar refractivity (Wildman–Crippen MR) is 98.3 cm³/mol. The fourth-order valence-electron chi connectivity index (χ4n) is 3.08. The van der Waals surface area contributed by atoms with Gasteiger partial charge >= 0.3 is 6.09 Å². The average molecular weight is 332 g/mol. The van der Waals surface area contributed by atoms with Crippen molar-refractivity contribution in [2.75, 3.05) is 0 Å². The third-order valence-electron chi connectivity index (χ3n) is 4.33. The van der Waals surface area contributed by atoms with Crippen LogP contribution >= 0.6 is 0 Å². The van der Waals surface area contributed by atoms with Crippen molar-refractivity contribution < 1.29 is 9.53 Å². The van der Waals surface area contributed by atoms with Crippen molar-refractivity contribution in [2.24, 2.45) is 0 Å². The first-order chi connectivity index (χ1) is 11.2. The molecule has 0 bridgehead atoms. The lowest BCUT2D eigenvalue weighted by Crippen LogP contribution is -2.54. The molecule has 24 heavy (non-hydrogen) atoms. The second-order valence-electron chi connectivity index (χ2n) is 8.11. The fourth-order valence-corrected chi connectivity index (χ4v) is 3.08. The highest BCUT2D eigenvalue weighted by Gasteiger charge is 2.32. The van der Waals surface area contributed by atoms with E-state index in [-0.39, 0.29) is 12.1 Å². The number of hydrogen-bond donors (Lipinski definition) is 2. The van der Waals surface area contributed by atoms with Crippen LogP contribution in [0.2, 0.25) is 0 Å². The van der Waals surface area contributed by atoms with Gasteiger partial charge in [-0.15, -0.1) is 0 Å². The van der Waals surface area contributed by atoms with Crippen LogP contribution < -0.4 is 10.6 Å². The highest BCUT2D eigenvalue weighted by Crippen LogP contribution is 2.22. The molecular formula is C20H32N2O2. The molecule has 1 aromatic rings. The van der Waals surface area contributed by atoms with Crippen LogP contribution in [0, 0.1) is 6.92 Å². The van der Waals surface area contributed by atoms with E-state index >= 15 is 0 Å². The number of aryl methyl sites for hydroxylation is 2. The van der Waals surface area contributed by atoms with Crippen molar-refractivity contribution in [3.05, 3.63) is 35.4 Å². The zero-order valence-electron chi connectivity index (χ0n) is 15.7. The van der Waals surface area contributed by atoms with Gasteiger partial charge in [0.15, 0.2) is 0 Å². The second-order valence-corrected chi connectivity index (χ2v) is 8.11. The number of amides is 1. The number of hydrogen-bond acceptors (Lipinski definition) is 3. The lowest BCUT2D eigenvalue weighted by atomic mass is 9.86. The molecule has 2 N–H and O–H groups in total. The van der Waals surface area contributed by atoms with E-state index < -0.39 is 5.60 Å². The number of benzene rings is 1. The summed E-state index contributed by atoms with van der Waals surface area (Å²) in [6, 6.07) is 9.94. The zero-order chi connectivity index (χ0) is 17.7. The molecule has 0 spiro atoms. The Morgan fingerprint density at radius 1 is 1.29 bits per heavy atom. The molecule has 2 rings (SSSR count). The van der Waals surface area contributed by atoms with E-state index in [0.717, 1.165) is 25.7 Å². The summed E-state index contributed by atoms with van der Waals surface area (Å²) < 4.78 is 5.29. The standard InChI is InChI=1S/C20H32N2O2/c1-14-7-6-8-16(11-14)10-9-15(2)21-17-12-18(13-17)22-19(23)24-20(3,4)5/h6-8,11,15,17-18,21H,9-10,12-13H2,1-5H3,(H,22,23). The maximum Gasteiger partial charge on any atom is 0.407 e. The van der Waals surface area contributed by atoms with Crippen LogP contribution in [0.5, 0.6) is 0 Å². The molecule has 4 heteroatoms. The van der Waals surface area contributed by atoms with Crippen molar-refractivity contribution in [2.45, 2.75) is 84.0 Å². The van der Waals surface area contributed by atoms with Crippen LogP contribution in [-0.2, 0) is 11.2 Å². The molecule has 134 valence electrons. The number of alkyl carbamates (subject to hydrolysis) is 1. The molecule has 4 nitrogen and oxygen atoms in total. The third-order valence-corrected chi connectivity index (χ3v) is 4.33. The minimum Gasteiger partial charge on any atom is -0.444 e. The van der Waals surface area contributed by atoms with E-state index in [0.29, 0.717) is 12.1 Å². The number of carbonyl (C=O) groups excluding carboxylic acids is 1. The first-order valence-electron chi connectivity index (χ1n) is 9.02. The first kappa shape index (κ1) is 18.8. The van der Waals surface area contributed by atoms with E-state index in [1.54, 1.807) is 0 Å². The normalized spacial score (nSPS) is 21.7. The van der Waals surface area contributed by atoms with Gasteiger partial charge in [-0.2, -0.15) is 0 Å². The van der Waals surface area contributed by atoms with Gasteiger partial charge in [0.2, 0.25) is 0 Å². The van der Waals surface area contributed by atoms with E-state index in [1.165, 1.54) is 11.1 Å². The molecular weight excluding hydrogens is 300 g/mol. The average Bonchev–Trinajstić information content (AvgIpc) is 2.41. The van der Waals surface area contributed by atoms with Crippen molar-refractivity contribution in [3.63, 3.8) is 0 Å². The molecule has 0 aromatic heterocycles. The first-order valence-corrected chi connectivity index (χ1v) is 9.02. The molecule has 1 saturated carbocycles. The Balaban J connectivity index is 1.61. The smallest absolute Gasteiger partial charge is 0.407 e. The zero-order valence-corrected chi connectivity index (χ0v) is 15.7. The largest absolute Gasteiger partial charge is 0.444 e. The third kappa shape index (κ3) is 6.52. The molecule has 0 saturated heterocycles. The monoisotopic (exact) mass is 332 g/mol. The van der Waals surface area contributed by atoms with Crippen molar-refractivity contribution in [3.8, 4) is 0 Å². The Hall–Kier alpha value is -1.55. The second kappa shape index (κ2) is 8.02.